The van der Waals surface area contributed by atoms with Gasteiger partial charge in [-0.15, -0.1) is 0 Å². The number of carboxylic acids is 2. The Morgan fingerprint density at radius 2 is 1.85 bits per heavy atom. The van der Waals surface area contributed by atoms with Crippen molar-refractivity contribution in [2.24, 2.45) is 0 Å². The van der Waals surface area contributed by atoms with E-state index in [1.807, 2.05) is 24.3 Å². The van der Waals surface area contributed by atoms with Crippen LogP contribution in [-0.4, -0.2) is 47.4 Å². The van der Waals surface area contributed by atoms with Crippen molar-refractivity contribution < 1.29 is 35.0 Å². The highest BCUT2D eigenvalue weighted by Gasteiger charge is 2.30. The number of benzene rings is 1. The molecule has 4 N–H and O–H groups in total. The zero-order chi connectivity index (χ0) is 20.1. The Balaban J connectivity index is 0.000000387. The number of quaternary nitrogens is 1. The minimum absolute atomic E-state index is 0.446. The minimum Gasteiger partial charge on any atom is -0.545 e. The highest BCUT2D eigenvalue weighted by atomic mass is 35.5. The highest BCUT2D eigenvalue weighted by molar-refractivity contribution is 6.30. The topological polar surface area (TPSA) is 124 Å². The molecule has 1 aromatic rings. The highest BCUT2D eigenvalue weighted by Crippen LogP contribution is 2.22. The molecule has 0 atom stereocenters. The Hall–Kier alpha value is -1.93. The molecule has 1 fully saturated rings. The molecular weight excluding hydrogens is 374 g/mol. The maximum absolute atomic E-state index is 10.3. The van der Waals surface area contributed by atoms with Crippen LogP contribution in [0.3, 0.4) is 0 Å². The van der Waals surface area contributed by atoms with Crippen LogP contribution in [0.2, 0.25) is 5.02 Å². The summed E-state index contributed by atoms with van der Waals surface area (Å²) in [4.78, 5) is 19.0. The van der Waals surface area contributed by atoms with Crippen molar-refractivity contribution in [1.29, 1.82) is 0 Å². The predicted octanol–water partition coefficient (Wildman–Crippen LogP) is 0.102. The first-order valence-corrected chi connectivity index (χ1v) is 9.17. The second-order valence-corrected chi connectivity index (χ2v) is 6.80. The molecule has 0 aromatic heterocycles. The number of carbonyl (C=O) groups is 2. The Bertz CT molecular complexity index is 595. The third kappa shape index (κ3) is 11.4. The lowest BCUT2D eigenvalue weighted by Crippen LogP contribution is -2.87. The van der Waals surface area contributed by atoms with E-state index in [0.29, 0.717) is 25.4 Å². The summed E-state index contributed by atoms with van der Waals surface area (Å²) in [6.45, 7) is 3.41. The van der Waals surface area contributed by atoms with E-state index in [0.717, 1.165) is 49.4 Å². The zero-order valence-electron chi connectivity index (χ0n) is 15.1. The molecule has 2 rings (SSSR count). The Morgan fingerprint density at radius 1 is 1.22 bits per heavy atom. The van der Waals surface area contributed by atoms with Crippen LogP contribution in [0.15, 0.2) is 36.4 Å². The number of carboxylic acid groups (broad SMARTS) is 2. The number of halogens is 1. The molecule has 0 unspecified atom stereocenters. The molecule has 0 amide bonds. The van der Waals surface area contributed by atoms with E-state index in [1.165, 1.54) is 0 Å². The van der Waals surface area contributed by atoms with Gasteiger partial charge in [0.25, 0.3) is 0 Å². The van der Waals surface area contributed by atoms with Gasteiger partial charge in [0.1, 0.15) is 0 Å². The third-order valence-corrected chi connectivity index (χ3v) is 4.35. The monoisotopic (exact) mass is 399 g/mol. The first-order valence-electron chi connectivity index (χ1n) is 8.79. The number of nitrogens with two attached hydrogens (primary N) is 1. The van der Waals surface area contributed by atoms with Gasteiger partial charge in [0, 0.05) is 30.5 Å². The number of piperidine rings is 1. The van der Waals surface area contributed by atoms with Gasteiger partial charge < -0.3 is 30.2 Å². The number of rotatable bonds is 8. The van der Waals surface area contributed by atoms with E-state index < -0.39 is 17.5 Å². The van der Waals surface area contributed by atoms with E-state index >= 15 is 0 Å². The summed E-state index contributed by atoms with van der Waals surface area (Å²) in [6, 6.07) is 7.71. The van der Waals surface area contributed by atoms with Crippen molar-refractivity contribution >= 4 is 23.5 Å². The summed E-state index contributed by atoms with van der Waals surface area (Å²) in [5, 5.41) is 30.6. The molecule has 27 heavy (non-hydrogen) atoms. The molecule has 150 valence electrons. The molecule has 1 saturated heterocycles. The van der Waals surface area contributed by atoms with Crippen molar-refractivity contribution in [1.82, 2.24) is 0 Å². The van der Waals surface area contributed by atoms with Gasteiger partial charge in [0.15, 0.2) is 0 Å². The fourth-order valence-corrected chi connectivity index (χ4v) is 2.80. The van der Waals surface area contributed by atoms with Crippen LogP contribution < -0.4 is 10.4 Å². The van der Waals surface area contributed by atoms with Crippen molar-refractivity contribution in [3.63, 3.8) is 0 Å². The summed E-state index contributed by atoms with van der Waals surface area (Å²) in [5.74, 6) is -2.80. The minimum atomic E-state index is -1.51. The smallest absolute Gasteiger partial charge is 0.328 e. The van der Waals surface area contributed by atoms with Crippen LogP contribution >= 0.6 is 11.6 Å². The lowest BCUT2D eigenvalue weighted by molar-refractivity contribution is -0.668. The van der Waals surface area contributed by atoms with Gasteiger partial charge in [0.05, 0.1) is 31.3 Å². The molecule has 1 aliphatic heterocycles. The molecule has 0 radical (unpaired) electrons. The van der Waals surface area contributed by atoms with E-state index in [9.17, 15) is 19.8 Å². The Morgan fingerprint density at radius 3 is 2.37 bits per heavy atom. The number of ether oxygens (including phenoxy) is 1. The maximum atomic E-state index is 10.3. The van der Waals surface area contributed by atoms with Crippen molar-refractivity contribution in [3.05, 3.63) is 47.0 Å². The summed E-state index contributed by atoms with van der Waals surface area (Å²) in [5.41, 5.74) is 0.689. The number of hydrogen-bond donors (Lipinski definition) is 3. The molecule has 0 aliphatic carbocycles. The molecule has 7 nitrogen and oxygen atoms in total. The fourth-order valence-electron chi connectivity index (χ4n) is 2.67. The van der Waals surface area contributed by atoms with Crippen LogP contribution in [-0.2, 0) is 20.9 Å². The number of aliphatic hydroxyl groups is 1. The van der Waals surface area contributed by atoms with Gasteiger partial charge >= 0.3 is 5.97 Å². The van der Waals surface area contributed by atoms with Gasteiger partial charge in [-0.1, -0.05) is 23.7 Å². The summed E-state index contributed by atoms with van der Waals surface area (Å²) in [6.07, 6.45) is 4.53. The van der Waals surface area contributed by atoms with Gasteiger partial charge in [-0.3, -0.25) is 0 Å². The molecule has 8 heteroatoms. The molecule has 0 bridgehead atoms. The lowest BCUT2D eigenvalue weighted by Gasteiger charge is -2.30. The third-order valence-electron chi connectivity index (χ3n) is 4.10. The molecular formula is C19H26ClNO6. The second kappa shape index (κ2) is 12.5. The largest absolute Gasteiger partial charge is 0.545 e. The van der Waals surface area contributed by atoms with Crippen molar-refractivity contribution in [3.8, 4) is 0 Å². The van der Waals surface area contributed by atoms with Gasteiger partial charge in [0.2, 0.25) is 0 Å². The summed E-state index contributed by atoms with van der Waals surface area (Å²) in [7, 11) is 0. The predicted molar refractivity (Wildman–Crippen MR) is 98.0 cm³/mol. The van der Waals surface area contributed by atoms with Crippen LogP contribution in [0, 0.1) is 0 Å². The van der Waals surface area contributed by atoms with Crippen LogP contribution in [0.4, 0.5) is 0 Å². The Labute approximate surface area is 163 Å². The van der Waals surface area contributed by atoms with E-state index in [-0.39, 0.29) is 0 Å². The SMILES string of the molecule is O=C([O-])/C=C/C(=O)O.OC1(CCCOCc2ccc(Cl)cc2)CC[NH2+]CC1. The number of aliphatic carboxylic acids is 2. The molecule has 0 spiro atoms. The number of hydrogen-bond acceptors (Lipinski definition) is 5. The average molecular weight is 400 g/mol. The zero-order valence-corrected chi connectivity index (χ0v) is 15.9. The fraction of sp³-hybridized carbons (Fsp3) is 0.474. The van der Waals surface area contributed by atoms with Crippen LogP contribution in [0.25, 0.3) is 0 Å². The van der Waals surface area contributed by atoms with Gasteiger partial charge in [-0.05, 0) is 36.6 Å². The average Bonchev–Trinajstić information content (AvgIpc) is 2.62. The van der Waals surface area contributed by atoms with Gasteiger partial charge in [-0.25, -0.2) is 4.79 Å². The lowest BCUT2D eigenvalue weighted by atomic mass is 9.88. The molecule has 1 heterocycles. The first-order chi connectivity index (χ1) is 12.8. The second-order valence-electron chi connectivity index (χ2n) is 6.36. The van der Waals surface area contributed by atoms with E-state index in [2.05, 4.69) is 5.32 Å². The normalized spacial score (nSPS) is 15.8. The standard InChI is InChI=1S/C15H22ClNO2.C4H4O4/c16-14-4-2-13(3-5-14)12-19-11-1-6-15(18)7-9-17-10-8-15;5-3(6)1-2-4(7)8/h2-5,17-18H,1,6-12H2;1-2H,(H,5,6)(H,7,8)/b;2-1+. The van der Waals surface area contributed by atoms with Crippen LogP contribution in [0.1, 0.15) is 31.2 Å². The maximum Gasteiger partial charge on any atom is 0.328 e. The molecule has 1 aromatic carbocycles. The summed E-state index contributed by atoms with van der Waals surface area (Å²) >= 11 is 5.83. The van der Waals surface area contributed by atoms with E-state index in [4.69, 9.17) is 21.4 Å². The number of carbonyl (C=O) groups excluding carboxylic acids is 1. The van der Waals surface area contributed by atoms with Crippen molar-refractivity contribution in [2.75, 3.05) is 19.7 Å². The molecule has 0 saturated carbocycles. The molecule has 1 aliphatic rings. The van der Waals surface area contributed by atoms with Crippen molar-refractivity contribution in [2.45, 2.75) is 37.9 Å². The first kappa shape index (κ1) is 23.1. The Kier molecular flexibility index (Phi) is 10.7. The van der Waals surface area contributed by atoms with Gasteiger partial charge in [-0.2, -0.15) is 0 Å². The van der Waals surface area contributed by atoms with Crippen LogP contribution in [0.5, 0.6) is 0 Å². The summed E-state index contributed by atoms with van der Waals surface area (Å²) < 4.78 is 5.63. The van der Waals surface area contributed by atoms with E-state index in [1.54, 1.807) is 0 Å². The quantitative estimate of drug-likeness (QED) is 0.421.